The van der Waals surface area contributed by atoms with E-state index in [1.165, 1.54) is 0 Å². The van der Waals surface area contributed by atoms with E-state index in [0.29, 0.717) is 0 Å². The molecule has 1 aliphatic rings. The molecule has 68 valence electrons. The van der Waals surface area contributed by atoms with Crippen molar-refractivity contribution in [3.63, 3.8) is 0 Å². The zero-order chi connectivity index (χ0) is 7.45. The van der Waals surface area contributed by atoms with Gasteiger partial charge in [0.2, 0.25) is 0 Å². The molecule has 1 aliphatic heterocycles. The summed E-state index contributed by atoms with van der Waals surface area (Å²) < 4.78 is 10.4. The molecule has 0 aromatic heterocycles. The van der Waals surface area contributed by atoms with Crippen molar-refractivity contribution in [2.45, 2.75) is 19.1 Å². The molecule has 1 saturated heterocycles. The van der Waals surface area contributed by atoms with Crippen molar-refractivity contribution in [3.8, 4) is 0 Å². The number of hydrogen-bond donors (Lipinski definition) is 1. The van der Waals surface area contributed by atoms with Gasteiger partial charge in [0.1, 0.15) is 5.72 Å². The van der Waals surface area contributed by atoms with Gasteiger partial charge < -0.3 is 9.47 Å². The molecule has 1 fully saturated rings. The van der Waals surface area contributed by atoms with Crippen molar-refractivity contribution in [2.75, 3.05) is 26.9 Å². The number of halogens is 1. The first-order chi connectivity index (χ1) is 4.77. The standard InChI is InChI=1S/C7H15NO2.ClH/c1-7(3-5-9-2)8-4-6-10-7;/h8H,3-6H2,1-2H3;1H. The molecule has 0 spiro atoms. The van der Waals surface area contributed by atoms with Crippen molar-refractivity contribution in [2.24, 2.45) is 0 Å². The molecule has 0 aromatic rings. The average Bonchev–Trinajstić information content (AvgIpc) is 2.33. The second kappa shape index (κ2) is 4.93. The van der Waals surface area contributed by atoms with Gasteiger partial charge in [0, 0.05) is 20.1 Å². The monoisotopic (exact) mass is 181 g/mol. The first kappa shape index (κ1) is 11.2. The molecular formula is C7H16ClNO2. The zero-order valence-electron chi connectivity index (χ0n) is 7.05. The second-order valence-corrected chi connectivity index (χ2v) is 2.75. The maximum absolute atomic E-state index is 5.45. The number of rotatable bonds is 3. The molecule has 1 atom stereocenters. The van der Waals surface area contributed by atoms with Gasteiger partial charge in [0.05, 0.1) is 13.2 Å². The molecular weight excluding hydrogens is 166 g/mol. The van der Waals surface area contributed by atoms with Crippen molar-refractivity contribution in [1.82, 2.24) is 5.32 Å². The maximum Gasteiger partial charge on any atom is 0.118 e. The van der Waals surface area contributed by atoms with Crippen LogP contribution in [0.15, 0.2) is 0 Å². The third-order valence-electron chi connectivity index (χ3n) is 1.80. The molecule has 0 aromatic carbocycles. The third-order valence-corrected chi connectivity index (χ3v) is 1.80. The van der Waals surface area contributed by atoms with Crippen molar-refractivity contribution < 1.29 is 9.47 Å². The van der Waals surface area contributed by atoms with Crippen molar-refractivity contribution in [3.05, 3.63) is 0 Å². The van der Waals surface area contributed by atoms with Gasteiger partial charge in [-0.3, -0.25) is 5.32 Å². The molecule has 0 saturated carbocycles. The Kier molecular flexibility index (Phi) is 5.01. The van der Waals surface area contributed by atoms with Crippen LogP contribution in [0.1, 0.15) is 13.3 Å². The Bertz CT molecular complexity index is 105. The summed E-state index contributed by atoms with van der Waals surface area (Å²) in [5.74, 6) is 0. The summed E-state index contributed by atoms with van der Waals surface area (Å²) in [6.45, 7) is 4.59. The topological polar surface area (TPSA) is 30.5 Å². The highest BCUT2D eigenvalue weighted by molar-refractivity contribution is 5.85. The van der Waals surface area contributed by atoms with Gasteiger partial charge in [-0.2, -0.15) is 0 Å². The van der Waals surface area contributed by atoms with Crippen LogP contribution in [-0.4, -0.2) is 32.6 Å². The Morgan fingerprint density at radius 3 is 2.82 bits per heavy atom. The van der Waals surface area contributed by atoms with E-state index < -0.39 is 0 Å². The van der Waals surface area contributed by atoms with E-state index in [2.05, 4.69) is 12.2 Å². The minimum absolute atomic E-state index is 0. The van der Waals surface area contributed by atoms with Gasteiger partial charge in [-0.1, -0.05) is 0 Å². The summed E-state index contributed by atoms with van der Waals surface area (Å²) in [6, 6.07) is 0. The van der Waals surface area contributed by atoms with Gasteiger partial charge in [-0.15, -0.1) is 12.4 Å². The van der Waals surface area contributed by atoms with E-state index in [1.807, 2.05) is 0 Å². The van der Waals surface area contributed by atoms with Crippen LogP contribution in [0.2, 0.25) is 0 Å². The van der Waals surface area contributed by atoms with Gasteiger partial charge >= 0.3 is 0 Å². The van der Waals surface area contributed by atoms with E-state index in [0.717, 1.165) is 26.2 Å². The van der Waals surface area contributed by atoms with Crippen LogP contribution in [0.5, 0.6) is 0 Å². The number of nitrogens with one attached hydrogen (secondary N) is 1. The van der Waals surface area contributed by atoms with Crippen LogP contribution >= 0.6 is 12.4 Å². The highest BCUT2D eigenvalue weighted by Gasteiger charge is 2.27. The molecule has 1 rings (SSSR count). The first-order valence-corrected chi connectivity index (χ1v) is 3.65. The molecule has 0 bridgehead atoms. The zero-order valence-corrected chi connectivity index (χ0v) is 7.87. The van der Waals surface area contributed by atoms with Gasteiger partial charge in [0.25, 0.3) is 0 Å². The quantitative estimate of drug-likeness (QED) is 0.698. The van der Waals surface area contributed by atoms with E-state index in [1.54, 1.807) is 7.11 Å². The predicted octanol–water partition coefficient (Wildman–Crippen LogP) is 0.781. The first-order valence-electron chi connectivity index (χ1n) is 3.65. The lowest BCUT2D eigenvalue weighted by molar-refractivity contribution is -0.0172. The number of hydrogen-bond acceptors (Lipinski definition) is 3. The lowest BCUT2D eigenvalue weighted by Gasteiger charge is -2.22. The maximum atomic E-state index is 5.45. The van der Waals surface area contributed by atoms with Crippen molar-refractivity contribution in [1.29, 1.82) is 0 Å². The predicted molar refractivity (Wildman–Crippen MR) is 46.1 cm³/mol. The van der Waals surface area contributed by atoms with Crippen LogP contribution in [0.25, 0.3) is 0 Å². The number of ether oxygens (including phenoxy) is 2. The van der Waals surface area contributed by atoms with Crippen molar-refractivity contribution >= 4 is 12.4 Å². The van der Waals surface area contributed by atoms with Gasteiger partial charge in [0.15, 0.2) is 0 Å². The normalized spacial score (nSPS) is 30.0. The molecule has 0 aliphatic carbocycles. The summed E-state index contributed by atoms with van der Waals surface area (Å²) in [4.78, 5) is 0. The number of methoxy groups -OCH3 is 1. The lowest BCUT2D eigenvalue weighted by Crippen LogP contribution is -2.38. The lowest BCUT2D eigenvalue weighted by atomic mass is 10.2. The average molecular weight is 182 g/mol. The van der Waals surface area contributed by atoms with E-state index in [4.69, 9.17) is 9.47 Å². The fourth-order valence-electron chi connectivity index (χ4n) is 1.10. The van der Waals surface area contributed by atoms with E-state index in [-0.39, 0.29) is 18.1 Å². The Balaban J connectivity index is 0.000001000. The Morgan fingerprint density at radius 1 is 1.64 bits per heavy atom. The molecule has 1 heterocycles. The van der Waals surface area contributed by atoms with Gasteiger partial charge in [-0.05, 0) is 6.92 Å². The Morgan fingerprint density at radius 2 is 2.36 bits per heavy atom. The highest BCUT2D eigenvalue weighted by atomic mass is 35.5. The van der Waals surface area contributed by atoms with Gasteiger partial charge in [-0.25, -0.2) is 0 Å². The van der Waals surface area contributed by atoms with Crippen LogP contribution in [0, 0.1) is 0 Å². The smallest absolute Gasteiger partial charge is 0.118 e. The van der Waals surface area contributed by atoms with Crippen LogP contribution in [0.3, 0.4) is 0 Å². The Labute approximate surface area is 73.9 Å². The van der Waals surface area contributed by atoms with Crippen LogP contribution < -0.4 is 5.32 Å². The molecule has 4 heteroatoms. The summed E-state index contributed by atoms with van der Waals surface area (Å²) >= 11 is 0. The fourth-order valence-corrected chi connectivity index (χ4v) is 1.10. The third kappa shape index (κ3) is 3.38. The largest absolute Gasteiger partial charge is 0.385 e. The molecule has 0 radical (unpaired) electrons. The molecule has 0 amide bonds. The molecule has 11 heavy (non-hydrogen) atoms. The second-order valence-electron chi connectivity index (χ2n) is 2.75. The summed E-state index contributed by atoms with van der Waals surface area (Å²) in [5, 5.41) is 3.27. The summed E-state index contributed by atoms with van der Waals surface area (Å²) in [5.41, 5.74) is -0.129. The Hall–Kier alpha value is 0.170. The minimum atomic E-state index is -0.129. The summed E-state index contributed by atoms with van der Waals surface area (Å²) in [6.07, 6.45) is 0.920. The molecule has 1 unspecified atom stereocenters. The summed E-state index contributed by atoms with van der Waals surface area (Å²) in [7, 11) is 1.71. The SMILES string of the molecule is COCCC1(C)NCCO1.Cl. The highest BCUT2D eigenvalue weighted by Crippen LogP contribution is 2.15. The molecule has 3 nitrogen and oxygen atoms in total. The van der Waals surface area contributed by atoms with Crippen LogP contribution in [0.4, 0.5) is 0 Å². The van der Waals surface area contributed by atoms with E-state index in [9.17, 15) is 0 Å². The van der Waals surface area contributed by atoms with E-state index >= 15 is 0 Å². The minimum Gasteiger partial charge on any atom is -0.385 e. The fraction of sp³-hybridized carbons (Fsp3) is 1.00. The van der Waals surface area contributed by atoms with Crippen LogP contribution in [-0.2, 0) is 9.47 Å². The molecule has 1 N–H and O–H groups in total.